The standard InChI is InChI=1S/C14H24N4O3/c1-10(15)4-8-16-11(19)5-9-18-12(20)14(17-13(18)21)6-2-3-7-14/h10H,2-9,15H2,1H3,(H,16,19)(H,17,21). The fourth-order valence-electron chi connectivity index (χ4n) is 2.94. The number of nitrogens with zero attached hydrogens (tertiary/aromatic N) is 1. The lowest BCUT2D eigenvalue weighted by atomic mass is 9.98. The van der Waals surface area contributed by atoms with Crippen LogP contribution in [0.15, 0.2) is 0 Å². The average molecular weight is 296 g/mol. The number of amides is 4. The number of carbonyl (C=O) groups is 3. The normalized spacial score (nSPS) is 21.7. The fraction of sp³-hybridized carbons (Fsp3) is 0.786. The predicted octanol–water partition coefficient (Wildman–Crippen LogP) is 0.0946. The highest BCUT2D eigenvalue weighted by molar-refractivity contribution is 6.07. The molecule has 2 rings (SSSR count). The molecule has 21 heavy (non-hydrogen) atoms. The van der Waals surface area contributed by atoms with Crippen LogP contribution >= 0.6 is 0 Å². The molecule has 0 aromatic carbocycles. The first kappa shape index (κ1) is 15.8. The Bertz CT molecular complexity index is 430. The number of carbonyl (C=O) groups excluding carboxylic acids is 3. The van der Waals surface area contributed by atoms with Crippen molar-refractivity contribution in [3.05, 3.63) is 0 Å². The average Bonchev–Trinajstić information content (AvgIpc) is 2.95. The van der Waals surface area contributed by atoms with E-state index in [4.69, 9.17) is 5.73 Å². The number of rotatable bonds is 6. The third kappa shape index (κ3) is 3.53. The highest BCUT2D eigenvalue weighted by Gasteiger charge is 2.52. The first-order valence-electron chi connectivity index (χ1n) is 7.61. The molecular formula is C14H24N4O3. The molecule has 1 saturated heterocycles. The second-order valence-electron chi connectivity index (χ2n) is 6.04. The molecule has 4 N–H and O–H groups in total. The van der Waals surface area contributed by atoms with Gasteiger partial charge in [0.1, 0.15) is 5.54 Å². The Balaban J connectivity index is 1.79. The van der Waals surface area contributed by atoms with Gasteiger partial charge >= 0.3 is 6.03 Å². The second-order valence-corrected chi connectivity index (χ2v) is 6.04. The van der Waals surface area contributed by atoms with Crippen LogP contribution in [0.5, 0.6) is 0 Å². The molecule has 0 aromatic heterocycles. The first-order chi connectivity index (χ1) is 9.94. The number of imide groups is 1. The summed E-state index contributed by atoms with van der Waals surface area (Å²) in [6.45, 7) is 2.53. The predicted molar refractivity (Wildman–Crippen MR) is 77.3 cm³/mol. The van der Waals surface area contributed by atoms with Gasteiger partial charge in [0.25, 0.3) is 5.91 Å². The molecule has 118 valence electrons. The molecule has 1 spiro atoms. The van der Waals surface area contributed by atoms with E-state index in [0.717, 1.165) is 12.8 Å². The molecule has 0 aromatic rings. The van der Waals surface area contributed by atoms with Gasteiger partial charge in [0.2, 0.25) is 5.91 Å². The van der Waals surface area contributed by atoms with Crippen molar-refractivity contribution < 1.29 is 14.4 Å². The van der Waals surface area contributed by atoms with E-state index in [-0.39, 0.29) is 36.9 Å². The Hall–Kier alpha value is -1.63. The summed E-state index contributed by atoms with van der Waals surface area (Å²) in [7, 11) is 0. The maximum Gasteiger partial charge on any atom is 0.325 e. The maximum absolute atomic E-state index is 12.4. The molecule has 1 aliphatic carbocycles. The summed E-state index contributed by atoms with van der Waals surface area (Å²) in [5, 5.41) is 5.54. The maximum atomic E-state index is 12.4. The summed E-state index contributed by atoms with van der Waals surface area (Å²) >= 11 is 0. The van der Waals surface area contributed by atoms with Crippen LogP contribution < -0.4 is 16.4 Å². The van der Waals surface area contributed by atoms with E-state index < -0.39 is 5.54 Å². The van der Waals surface area contributed by atoms with Crippen LogP contribution in [0.25, 0.3) is 0 Å². The summed E-state index contributed by atoms with van der Waals surface area (Å²) in [5.74, 6) is -0.336. The number of urea groups is 1. The number of nitrogens with one attached hydrogen (secondary N) is 2. The Kier molecular flexibility index (Phi) is 4.82. The van der Waals surface area contributed by atoms with Gasteiger partial charge < -0.3 is 16.4 Å². The van der Waals surface area contributed by atoms with Crippen molar-refractivity contribution >= 4 is 17.8 Å². The Labute approximate surface area is 124 Å². The van der Waals surface area contributed by atoms with Crippen LogP contribution in [-0.2, 0) is 9.59 Å². The minimum atomic E-state index is -0.692. The first-order valence-corrected chi connectivity index (χ1v) is 7.61. The minimum Gasteiger partial charge on any atom is -0.356 e. The molecule has 1 saturated carbocycles. The van der Waals surface area contributed by atoms with Gasteiger partial charge in [-0.3, -0.25) is 14.5 Å². The van der Waals surface area contributed by atoms with Gasteiger partial charge in [0.15, 0.2) is 0 Å². The highest BCUT2D eigenvalue weighted by Crippen LogP contribution is 2.34. The van der Waals surface area contributed by atoms with Crippen molar-refractivity contribution in [3.63, 3.8) is 0 Å². The van der Waals surface area contributed by atoms with E-state index in [2.05, 4.69) is 10.6 Å². The van der Waals surface area contributed by atoms with Gasteiger partial charge in [0.05, 0.1) is 0 Å². The summed E-state index contributed by atoms with van der Waals surface area (Å²) in [4.78, 5) is 37.1. The number of hydrogen-bond donors (Lipinski definition) is 3. The number of nitrogens with two attached hydrogens (primary N) is 1. The van der Waals surface area contributed by atoms with E-state index in [9.17, 15) is 14.4 Å². The zero-order valence-electron chi connectivity index (χ0n) is 12.5. The molecule has 2 fully saturated rings. The van der Waals surface area contributed by atoms with Crippen molar-refractivity contribution in [2.24, 2.45) is 5.73 Å². The van der Waals surface area contributed by atoms with Crippen LogP contribution in [-0.4, -0.2) is 47.4 Å². The van der Waals surface area contributed by atoms with Crippen LogP contribution in [0.2, 0.25) is 0 Å². The van der Waals surface area contributed by atoms with Crippen molar-refractivity contribution in [1.29, 1.82) is 0 Å². The van der Waals surface area contributed by atoms with Gasteiger partial charge in [-0.1, -0.05) is 12.8 Å². The molecule has 1 heterocycles. The van der Waals surface area contributed by atoms with Gasteiger partial charge in [0, 0.05) is 25.6 Å². The lowest BCUT2D eigenvalue weighted by Crippen LogP contribution is -2.44. The molecular weight excluding hydrogens is 272 g/mol. The minimum absolute atomic E-state index is 0.0402. The van der Waals surface area contributed by atoms with Crippen LogP contribution in [0.3, 0.4) is 0 Å². The zero-order chi connectivity index (χ0) is 15.5. The molecule has 0 bridgehead atoms. The molecule has 7 heteroatoms. The van der Waals surface area contributed by atoms with Crippen molar-refractivity contribution in [3.8, 4) is 0 Å². The smallest absolute Gasteiger partial charge is 0.325 e. The van der Waals surface area contributed by atoms with Crippen LogP contribution in [0.1, 0.15) is 45.4 Å². The molecule has 1 atom stereocenters. The largest absolute Gasteiger partial charge is 0.356 e. The van der Waals surface area contributed by atoms with Gasteiger partial charge in [-0.25, -0.2) is 4.79 Å². The SMILES string of the molecule is CC(N)CCNC(=O)CCN1C(=O)NC2(CCCC2)C1=O. The van der Waals surface area contributed by atoms with E-state index in [1.54, 1.807) is 0 Å². The van der Waals surface area contributed by atoms with E-state index in [1.165, 1.54) is 4.90 Å². The Morgan fingerprint density at radius 1 is 1.43 bits per heavy atom. The van der Waals surface area contributed by atoms with E-state index in [1.807, 2.05) is 6.92 Å². The van der Waals surface area contributed by atoms with E-state index >= 15 is 0 Å². The monoisotopic (exact) mass is 296 g/mol. The highest BCUT2D eigenvalue weighted by atomic mass is 16.2. The third-order valence-corrected chi connectivity index (χ3v) is 4.19. The van der Waals surface area contributed by atoms with Gasteiger partial charge in [-0.05, 0) is 26.2 Å². The molecule has 4 amide bonds. The fourth-order valence-corrected chi connectivity index (χ4v) is 2.94. The lowest BCUT2D eigenvalue weighted by molar-refractivity contribution is -0.131. The quantitative estimate of drug-likeness (QED) is 0.604. The molecule has 7 nitrogen and oxygen atoms in total. The Morgan fingerprint density at radius 2 is 2.10 bits per heavy atom. The van der Waals surface area contributed by atoms with Gasteiger partial charge in [-0.2, -0.15) is 0 Å². The van der Waals surface area contributed by atoms with E-state index in [0.29, 0.717) is 25.8 Å². The molecule has 0 radical (unpaired) electrons. The molecule has 2 aliphatic rings. The number of hydrogen-bond acceptors (Lipinski definition) is 4. The summed E-state index contributed by atoms with van der Waals surface area (Å²) in [6.07, 6.45) is 4.16. The zero-order valence-corrected chi connectivity index (χ0v) is 12.5. The van der Waals surface area contributed by atoms with Gasteiger partial charge in [-0.15, -0.1) is 0 Å². The topological polar surface area (TPSA) is 105 Å². The molecule has 1 unspecified atom stereocenters. The third-order valence-electron chi connectivity index (χ3n) is 4.19. The van der Waals surface area contributed by atoms with Crippen molar-refractivity contribution in [2.75, 3.05) is 13.1 Å². The van der Waals surface area contributed by atoms with Crippen LogP contribution in [0.4, 0.5) is 4.79 Å². The summed E-state index contributed by atoms with van der Waals surface area (Å²) in [5.41, 5.74) is 4.91. The van der Waals surface area contributed by atoms with Crippen LogP contribution in [0, 0.1) is 0 Å². The summed E-state index contributed by atoms with van der Waals surface area (Å²) < 4.78 is 0. The Morgan fingerprint density at radius 3 is 2.71 bits per heavy atom. The summed E-state index contributed by atoms with van der Waals surface area (Å²) in [6, 6.07) is -0.330. The molecule has 1 aliphatic heterocycles. The lowest BCUT2D eigenvalue weighted by Gasteiger charge is -2.19. The van der Waals surface area contributed by atoms with Crippen molar-refractivity contribution in [1.82, 2.24) is 15.5 Å². The van der Waals surface area contributed by atoms with Crippen molar-refractivity contribution in [2.45, 2.75) is 57.0 Å². The second kappa shape index (κ2) is 6.43.